The van der Waals surface area contributed by atoms with Gasteiger partial charge in [0.05, 0.1) is 6.04 Å². The van der Waals surface area contributed by atoms with E-state index in [1.165, 1.54) is 0 Å². The van der Waals surface area contributed by atoms with E-state index in [1.807, 2.05) is 26.0 Å². The molecule has 0 saturated heterocycles. The third kappa shape index (κ3) is 4.12. The van der Waals surface area contributed by atoms with E-state index in [9.17, 15) is 9.59 Å². The SMILES string of the molecule is Cc1ccc([C@H](C)NC(=O)c2ccc(CNC(N)=O)cc2)o1. The second kappa shape index (κ2) is 6.80. The summed E-state index contributed by atoms with van der Waals surface area (Å²) in [6.45, 7) is 4.05. The van der Waals surface area contributed by atoms with Crippen molar-refractivity contribution in [2.45, 2.75) is 26.4 Å². The Hall–Kier alpha value is -2.76. The summed E-state index contributed by atoms with van der Waals surface area (Å²) in [6.07, 6.45) is 0. The van der Waals surface area contributed by atoms with Crippen molar-refractivity contribution in [3.63, 3.8) is 0 Å². The molecule has 2 aromatic rings. The molecule has 116 valence electrons. The summed E-state index contributed by atoms with van der Waals surface area (Å²) in [5.74, 6) is 1.34. The molecule has 1 aromatic carbocycles. The molecule has 3 amide bonds. The van der Waals surface area contributed by atoms with Gasteiger partial charge in [-0.25, -0.2) is 4.79 Å². The zero-order valence-corrected chi connectivity index (χ0v) is 12.6. The molecule has 0 spiro atoms. The molecular formula is C16H19N3O3. The molecular weight excluding hydrogens is 282 g/mol. The largest absolute Gasteiger partial charge is 0.464 e. The Morgan fingerprint density at radius 2 is 1.86 bits per heavy atom. The van der Waals surface area contributed by atoms with Crippen molar-refractivity contribution in [3.8, 4) is 0 Å². The van der Waals surface area contributed by atoms with E-state index >= 15 is 0 Å². The summed E-state index contributed by atoms with van der Waals surface area (Å²) in [5, 5.41) is 5.37. The summed E-state index contributed by atoms with van der Waals surface area (Å²) < 4.78 is 5.49. The highest BCUT2D eigenvalue weighted by Gasteiger charge is 2.14. The van der Waals surface area contributed by atoms with Gasteiger partial charge in [-0.05, 0) is 43.7 Å². The van der Waals surface area contributed by atoms with Gasteiger partial charge in [0.2, 0.25) is 0 Å². The third-order valence-electron chi connectivity index (χ3n) is 3.22. The van der Waals surface area contributed by atoms with Crippen LogP contribution in [0.2, 0.25) is 0 Å². The first-order valence-corrected chi connectivity index (χ1v) is 6.95. The number of carbonyl (C=O) groups excluding carboxylic acids is 2. The zero-order valence-electron chi connectivity index (χ0n) is 12.6. The fraction of sp³-hybridized carbons (Fsp3) is 0.250. The standard InChI is InChI=1S/C16H19N3O3/c1-10-3-8-14(22-10)11(2)19-15(20)13-6-4-12(5-7-13)9-18-16(17)21/h3-8,11H,9H2,1-2H3,(H,19,20)(H3,17,18,21)/t11-/m0/s1. The number of nitrogens with two attached hydrogens (primary N) is 1. The molecule has 0 bridgehead atoms. The van der Waals surface area contributed by atoms with Gasteiger partial charge in [0.25, 0.3) is 5.91 Å². The minimum Gasteiger partial charge on any atom is -0.464 e. The number of carbonyl (C=O) groups is 2. The van der Waals surface area contributed by atoms with Crippen molar-refractivity contribution in [1.82, 2.24) is 10.6 Å². The lowest BCUT2D eigenvalue weighted by Crippen LogP contribution is -2.28. The number of urea groups is 1. The Morgan fingerprint density at radius 3 is 2.41 bits per heavy atom. The Morgan fingerprint density at radius 1 is 1.18 bits per heavy atom. The average molecular weight is 301 g/mol. The monoisotopic (exact) mass is 301 g/mol. The van der Waals surface area contributed by atoms with Crippen LogP contribution >= 0.6 is 0 Å². The molecule has 0 aliphatic rings. The Labute approximate surface area is 128 Å². The van der Waals surface area contributed by atoms with Crippen LogP contribution in [0, 0.1) is 6.92 Å². The molecule has 4 N–H and O–H groups in total. The molecule has 6 nitrogen and oxygen atoms in total. The summed E-state index contributed by atoms with van der Waals surface area (Å²) >= 11 is 0. The number of benzene rings is 1. The van der Waals surface area contributed by atoms with Crippen molar-refractivity contribution in [2.75, 3.05) is 0 Å². The summed E-state index contributed by atoms with van der Waals surface area (Å²) in [4.78, 5) is 22.8. The number of primary amides is 1. The van der Waals surface area contributed by atoms with Gasteiger partial charge in [-0.1, -0.05) is 12.1 Å². The van der Waals surface area contributed by atoms with E-state index < -0.39 is 6.03 Å². The van der Waals surface area contributed by atoms with Crippen LogP contribution in [0.15, 0.2) is 40.8 Å². The highest BCUT2D eigenvalue weighted by molar-refractivity contribution is 5.94. The molecule has 22 heavy (non-hydrogen) atoms. The molecule has 1 atom stereocenters. The Balaban J connectivity index is 1.96. The maximum Gasteiger partial charge on any atom is 0.312 e. The number of hydrogen-bond acceptors (Lipinski definition) is 3. The van der Waals surface area contributed by atoms with Gasteiger partial charge in [-0.2, -0.15) is 0 Å². The number of rotatable bonds is 5. The first-order valence-electron chi connectivity index (χ1n) is 6.95. The lowest BCUT2D eigenvalue weighted by molar-refractivity contribution is 0.0935. The van der Waals surface area contributed by atoms with Gasteiger partial charge in [-0.3, -0.25) is 4.79 Å². The minimum atomic E-state index is -0.579. The van der Waals surface area contributed by atoms with E-state index in [0.717, 1.165) is 11.3 Å². The molecule has 0 aliphatic heterocycles. The minimum absolute atomic E-state index is 0.184. The fourth-order valence-electron chi connectivity index (χ4n) is 2.00. The Kier molecular flexibility index (Phi) is 4.83. The van der Waals surface area contributed by atoms with E-state index in [2.05, 4.69) is 10.6 Å². The normalized spacial score (nSPS) is 11.7. The van der Waals surface area contributed by atoms with Crippen LogP contribution in [-0.4, -0.2) is 11.9 Å². The van der Waals surface area contributed by atoms with Crippen molar-refractivity contribution >= 4 is 11.9 Å². The lowest BCUT2D eigenvalue weighted by atomic mass is 10.1. The first kappa shape index (κ1) is 15.6. The summed E-state index contributed by atoms with van der Waals surface area (Å²) in [7, 11) is 0. The molecule has 0 unspecified atom stereocenters. The van der Waals surface area contributed by atoms with Crippen molar-refractivity contribution in [1.29, 1.82) is 0 Å². The van der Waals surface area contributed by atoms with Gasteiger partial charge >= 0.3 is 6.03 Å². The number of furan rings is 1. The van der Waals surface area contributed by atoms with Gasteiger partial charge < -0.3 is 20.8 Å². The third-order valence-corrected chi connectivity index (χ3v) is 3.22. The zero-order chi connectivity index (χ0) is 16.1. The molecule has 0 saturated carbocycles. The molecule has 0 fully saturated rings. The van der Waals surface area contributed by atoms with Crippen LogP contribution in [0.25, 0.3) is 0 Å². The van der Waals surface area contributed by atoms with Crippen LogP contribution in [0.1, 0.15) is 40.4 Å². The summed E-state index contributed by atoms with van der Waals surface area (Å²) in [5.41, 5.74) is 6.41. The van der Waals surface area contributed by atoms with Gasteiger partial charge in [0.15, 0.2) is 0 Å². The lowest BCUT2D eigenvalue weighted by Gasteiger charge is -2.12. The van der Waals surface area contributed by atoms with Gasteiger partial charge in [0.1, 0.15) is 11.5 Å². The molecule has 0 aliphatic carbocycles. The first-order chi connectivity index (χ1) is 10.5. The number of amides is 3. The van der Waals surface area contributed by atoms with Crippen LogP contribution < -0.4 is 16.4 Å². The van der Waals surface area contributed by atoms with E-state index in [4.69, 9.17) is 10.2 Å². The number of nitrogens with one attached hydrogen (secondary N) is 2. The van der Waals surface area contributed by atoms with Crippen molar-refractivity contribution in [3.05, 3.63) is 59.0 Å². The van der Waals surface area contributed by atoms with Crippen molar-refractivity contribution < 1.29 is 14.0 Å². The molecule has 2 rings (SSSR count). The predicted octanol–water partition coefficient (Wildman–Crippen LogP) is 2.25. The van der Waals surface area contributed by atoms with Crippen LogP contribution in [0.4, 0.5) is 4.79 Å². The summed E-state index contributed by atoms with van der Waals surface area (Å²) in [6, 6.07) is 9.86. The smallest absolute Gasteiger partial charge is 0.312 e. The molecule has 6 heteroatoms. The topological polar surface area (TPSA) is 97.4 Å². The quantitative estimate of drug-likeness (QED) is 0.790. The fourth-order valence-corrected chi connectivity index (χ4v) is 2.00. The van der Waals surface area contributed by atoms with Crippen LogP contribution in [-0.2, 0) is 6.54 Å². The second-order valence-electron chi connectivity index (χ2n) is 5.06. The number of aryl methyl sites for hydroxylation is 1. The highest BCUT2D eigenvalue weighted by atomic mass is 16.3. The second-order valence-corrected chi connectivity index (χ2v) is 5.06. The highest BCUT2D eigenvalue weighted by Crippen LogP contribution is 2.16. The molecule has 0 radical (unpaired) electrons. The van der Waals surface area contributed by atoms with E-state index in [0.29, 0.717) is 17.9 Å². The predicted molar refractivity (Wildman–Crippen MR) is 82.2 cm³/mol. The number of hydrogen-bond donors (Lipinski definition) is 3. The van der Waals surface area contributed by atoms with Crippen LogP contribution in [0.5, 0.6) is 0 Å². The van der Waals surface area contributed by atoms with Crippen molar-refractivity contribution in [2.24, 2.45) is 5.73 Å². The maximum absolute atomic E-state index is 12.2. The maximum atomic E-state index is 12.2. The average Bonchev–Trinajstić information content (AvgIpc) is 2.92. The molecule has 1 heterocycles. The molecule has 1 aromatic heterocycles. The van der Waals surface area contributed by atoms with E-state index in [1.54, 1.807) is 24.3 Å². The van der Waals surface area contributed by atoms with Gasteiger partial charge in [0, 0.05) is 12.1 Å². The van der Waals surface area contributed by atoms with Crippen LogP contribution in [0.3, 0.4) is 0 Å². The Bertz CT molecular complexity index is 662. The van der Waals surface area contributed by atoms with E-state index in [-0.39, 0.29) is 11.9 Å². The van der Waals surface area contributed by atoms with Gasteiger partial charge in [-0.15, -0.1) is 0 Å².